The number of ether oxygens (including phenoxy) is 1. The predicted molar refractivity (Wildman–Crippen MR) is 114 cm³/mol. The van der Waals surface area contributed by atoms with Crippen molar-refractivity contribution in [1.82, 2.24) is 9.55 Å². The highest BCUT2D eigenvalue weighted by molar-refractivity contribution is 7.22. The maximum absolute atomic E-state index is 13.2. The fourth-order valence-electron chi connectivity index (χ4n) is 3.25. The van der Waals surface area contributed by atoms with E-state index in [1.165, 1.54) is 23.5 Å². The number of para-hydroxylation sites is 1. The quantitative estimate of drug-likeness (QED) is 0.475. The van der Waals surface area contributed by atoms with E-state index >= 15 is 0 Å². The lowest BCUT2D eigenvalue weighted by atomic mass is 10.2. The Morgan fingerprint density at radius 2 is 1.87 bits per heavy atom. The number of esters is 1. The van der Waals surface area contributed by atoms with E-state index in [9.17, 15) is 14.0 Å². The van der Waals surface area contributed by atoms with E-state index in [1.54, 1.807) is 25.1 Å². The minimum atomic E-state index is -0.601. The molecule has 0 unspecified atom stereocenters. The van der Waals surface area contributed by atoms with E-state index in [0.717, 1.165) is 21.6 Å². The molecule has 0 saturated heterocycles. The molecule has 0 atom stereocenters. The third-order valence-electron chi connectivity index (χ3n) is 4.61. The molecule has 6 nitrogen and oxygen atoms in total. The maximum Gasteiger partial charge on any atom is 0.340 e. The lowest BCUT2D eigenvalue weighted by molar-refractivity contribution is -0.119. The Labute approximate surface area is 175 Å². The highest BCUT2D eigenvalue weighted by Crippen LogP contribution is 2.25. The fourth-order valence-corrected chi connectivity index (χ4v) is 4.13. The Bertz CT molecular complexity index is 1210. The van der Waals surface area contributed by atoms with Gasteiger partial charge in [-0.15, -0.1) is 0 Å². The van der Waals surface area contributed by atoms with Crippen molar-refractivity contribution in [3.63, 3.8) is 0 Å². The third-order valence-corrected chi connectivity index (χ3v) is 5.56. The van der Waals surface area contributed by atoms with Crippen LogP contribution in [0.3, 0.4) is 0 Å². The summed E-state index contributed by atoms with van der Waals surface area (Å²) in [4.78, 5) is 29.0. The van der Waals surface area contributed by atoms with Gasteiger partial charge in [0.25, 0.3) is 5.91 Å². The van der Waals surface area contributed by atoms with Gasteiger partial charge in [-0.2, -0.15) is 0 Å². The summed E-state index contributed by atoms with van der Waals surface area (Å²) >= 11 is 1.35. The molecule has 2 aromatic heterocycles. The standard InChI is InChI=1S/C22H18FN3O3S/c1-13-11-17(14(2)26(13)16-9-7-15(23)8-10-16)21(28)29-12-20(27)25-22-24-18-5-3-4-6-19(18)30-22/h3-11H,12H2,1-2H3,(H,24,25,27). The third kappa shape index (κ3) is 3.95. The number of carbonyl (C=O) groups excluding carboxylic acids is 2. The summed E-state index contributed by atoms with van der Waals surface area (Å²) in [7, 11) is 0. The molecule has 0 radical (unpaired) electrons. The van der Waals surface area contributed by atoms with Gasteiger partial charge in [0, 0.05) is 17.1 Å². The van der Waals surface area contributed by atoms with Gasteiger partial charge in [-0.3, -0.25) is 10.1 Å². The van der Waals surface area contributed by atoms with Crippen LogP contribution in [0, 0.1) is 19.7 Å². The number of hydrogen-bond acceptors (Lipinski definition) is 5. The van der Waals surface area contributed by atoms with Crippen molar-refractivity contribution in [2.45, 2.75) is 13.8 Å². The second-order valence-corrected chi connectivity index (χ2v) is 7.74. The molecule has 0 aliphatic rings. The van der Waals surface area contributed by atoms with Crippen LogP contribution in [-0.4, -0.2) is 28.0 Å². The number of hydrogen-bond donors (Lipinski definition) is 1. The largest absolute Gasteiger partial charge is 0.452 e. The molecular weight excluding hydrogens is 405 g/mol. The van der Waals surface area contributed by atoms with E-state index in [1.807, 2.05) is 35.8 Å². The molecule has 2 aromatic carbocycles. The van der Waals surface area contributed by atoms with Crippen LogP contribution in [0.1, 0.15) is 21.7 Å². The number of nitrogens with one attached hydrogen (secondary N) is 1. The minimum absolute atomic E-state index is 0.333. The van der Waals surface area contributed by atoms with Gasteiger partial charge in [-0.25, -0.2) is 14.2 Å². The molecule has 1 N–H and O–H groups in total. The van der Waals surface area contributed by atoms with Crippen molar-refractivity contribution < 1.29 is 18.7 Å². The lowest BCUT2D eigenvalue weighted by Gasteiger charge is -2.10. The van der Waals surface area contributed by atoms with Crippen molar-refractivity contribution in [1.29, 1.82) is 0 Å². The highest BCUT2D eigenvalue weighted by atomic mass is 32.1. The number of amides is 1. The van der Waals surface area contributed by atoms with E-state index in [2.05, 4.69) is 10.3 Å². The summed E-state index contributed by atoms with van der Waals surface area (Å²) in [6.07, 6.45) is 0. The Kier molecular flexibility index (Phi) is 5.33. The molecule has 0 bridgehead atoms. The van der Waals surface area contributed by atoms with Gasteiger partial charge in [-0.1, -0.05) is 23.5 Å². The topological polar surface area (TPSA) is 73.2 Å². The zero-order chi connectivity index (χ0) is 21.3. The molecule has 0 aliphatic carbocycles. The number of halogens is 1. The normalized spacial score (nSPS) is 10.9. The molecule has 8 heteroatoms. The summed E-state index contributed by atoms with van der Waals surface area (Å²) < 4.78 is 21.2. The van der Waals surface area contributed by atoms with Gasteiger partial charge >= 0.3 is 5.97 Å². The fraction of sp³-hybridized carbons (Fsp3) is 0.136. The van der Waals surface area contributed by atoms with Crippen molar-refractivity contribution in [3.05, 3.63) is 77.4 Å². The average Bonchev–Trinajstić information content (AvgIpc) is 3.26. The van der Waals surface area contributed by atoms with Crippen molar-refractivity contribution in [2.24, 2.45) is 0 Å². The Morgan fingerprint density at radius 3 is 2.60 bits per heavy atom. The number of nitrogens with zero attached hydrogens (tertiary/aromatic N) is 2. The Morgan fingerprint density at radius 1 is 1.13 bits per heavy atom. The van der Waals surface area contributed by atoms with Gasteiger partial charge in [0.15, 0.2) is 11.7 Å². The molecule has 4 rings (SSSR count). The first-order chi connectivity index (χ1) is 14.4. The molecule has 0 spiro atoms. The van der Waals surface area contributed by atoms with Gasteiger partial charge in [0.2, 0.25) is 0 Å². The van der Waals surface area contributed by atoms with E-state index < -0.39 is 18.5 Å². The van der Waals surface area contributed by atoms with E-state index in [-0.39, 0.29) is 5.82 Å². The number of rotatable bonds is 5. The van der Waals surface area contributed by atoms with Crippen LogP contribution in [0.15, 0.2) is 54.6 Å². The van der Waals surface area contributed by atoms with Gasteiger partial charge < -0.3 is 9.30 Å². The number of aromatic nitrogens is 2. The summed E-state index contributed by atoms with van der Waals surface area (Å²) in [5.74, 6) is -1.40. The van der Waals surface area contributed by atoms with E-state index in [4.69, 9.17) is 4.74 Å². The average molecular weight is 423 g/mol. The second-order valence-electron chi connectivity index (χ2n) is 6.71. The lowest BCUT2D eigenvalue weighted by Crippen LogP contribution is -2.21. The summed E-state index contributed by atoms with van der Waals surface area (Å²) in [5.41, 5.74) is 3.33. The molecule has 2 heterocycles. The van der Waals surface area contributed by atoms with Crippen LogP contribution in [-0.2, 0) is 9.53 Å². The molecule has 30 heavy (non-hydrogen) atoms. The molecule has 4 aromatic rings. The first kappa shape index (κ1) is 19.8. The molecule has 0 aliphatic heterocycles. The van der Waals surface area contributed by atoms with Gasteiger partial charge in [-0.05, 0) is 56.3 Å². The monoisotopic (exact) mass is 423 g/mol. The van der Waals surface area contributed by atoms with Crippen LogP contribution in [0.4, 0.5) is 9.52 Å². The van der Waals surface area contributed by atoms with E-state index in [0.29, 0.717) is 16.4 Å². The van der Waals surface area contributed by atoms with Crippen LogP contribution >= 0.6 is 11.3 Å². The summed E-state index contributed by atoms with van der Waals surface area (Å²) in [5, 5.41) is 3.10. The summed E-state index contributed by atoms with van der Waals surface area (Å²) in [6.45, 7) is 3.19. The zero-order valence-electron chi connectivity index (χ0n) is 16.3. The Balaban J connectivity index is 1.43. The molecule has 152 valence electrons. The summed E-state index contributed by atoms with van der Waals surface area (Å²) in [6, 6.07) is 15.2. The zero-order valence-corrected chi connectivity index (χ0v) is 17.1. The predicted octanol–water partition coefficient (Wildman–Crippen LogP) is 4.64. The van der Waals surface area contributed by atoms with Crippen LogP contribution in [0.2, 0.25) is 0 Å². The van der Waals surface area contributed by atoms with Crippen molar-refractivity contribution in [3.8, 4) is 5.69 Å². The number of fused-ring (bicyclic) bond motifs is 1. The number of aryl methyl sites for hydroxylation is 1. The van der Waals surface area contributed by atoms with Crippen LogP contribution in [0.25, 0.3) is 15.9 Å². The Hall–Kier alpha value is -3.52. The van der Waals surface area contributed by atoms with Crippen LogP contribution < -0.4 is 5.32 Å². The first-order valence-electron chi connectivity index (χ1n) is 9.20. The molecule has 0 saturated carbocycles. The number of anilines is 1. The number of benzene rings is 2. The SMILES string of the molecule is Cc1cc(C(=O)OCC(=O)Nc2nc3ccccc3s2)c(C)n1-c1ccc(F)cc1. The van der Waals surface area contributed by atoms with Crippen molar-refractivity contribution in [2.75, 3.05) is 11.9 Å². The minimum Gasteiger partial charge on any atom is -0.452 e. The molecule has 1 amide bonds. The molecular formula is C22H18FN3O3S. The van der Waals surface area contributed by atoms with Crippen molar-refractivity contribution >= 4 is 38.6 Å². The second kappa shape index (κ2) is 8.08. The van der Waals surface area contributed by atoms with Gasteiger partial charge in [0.05, 0.1) is 15.8 Å². The number of thiazole rings is 1. The maximum atomic E-state index is 13.2. The van der Waals surface area contributed by atoms with Gasteiger partial charge in [0.1, 0.15) is 5.82 Å². The molecule has 0 fully saturated rings. The highest BCUT2D eigenvalue weighted by Gasteiger charge is 2.19. The number of carbonyl (C=O) groups is 2. The smallest absolute Gasteiger partial charge is 0.340 e. The first-order valence-corrected chi connectivity index (χ1v) is 10.0. The van der Waals surface area contributed by atoms with Crippen LogP contribution in [0.5, 0.6) is 0 Å².